The Balaban J connectivity index is 2.91. The number of rotatable bonds is 5. The van der Waals surface area contributed by atoms with E-state index < -0.39 is 17.6 Å². The van der Waals surface area contributed by atoms with Crippen LogP contribution in [0.4, 0.5) is 0 Å². The zero-order chi connectivity index (χ0) is 14.6. The second-order valence-electron chi connectivity index (χ2n) is 5.51. The van der Waals surface area contributed by atoms with Crippen LogP contribution in [0, 0.1) is 5.92 Å². The van der Waals surface area contributed by atoms with Crippen molar-refractivity contribution in [1.82, 2.24) is 4.90 Å². The molecule has 1 aliphatic rings. The lowest BCUT2D eigenvalue weighted by Crippen LogP contribution is -2.60. The van der Waals surface area contributed by atoms with Gasteiger partial charge in [-0.05, 0) is 31.6 Å². The van der Waals surface area contributed by atoms with Crippen LogP contribution in [0.3, 0.4) is 0 Å². The number of carbonyl (C=O) groups is 2. The van der Waals surface area contributed by atoms with Gasteiger partial charge < -0.3 is 15.7 Å². The summed E-state index contributed by atoms with van der Waals surface area (Å²) < 4.78 is 0. The minimum absolute atomic E-state index is 0.209. The highest BCUT2D eigenvalue weighted by molar-refractivity contribution is 5.90. The van der Waals surface area contributed by atoms with Crippen LogP contribution in [0.25, 0.3) is 0 Å². The Morgan fingerprint density at radius 3 is 2.32 bits per heavy atom. The molecule has 110 valence electrons. The number of aliphatic carboxylic acids is 1. The van der Waals surface area contributed by atoms with Crippen LogP contribution in [0.15, 0.2) is 0 Å². The van der Waals surface area contributed by atoms with Gasteiger partial charge in [0.05, 0.1) is 5.54 Å². The molecule has 0 aromatic carbocycles. The second kappa shape index (κ2) is 6.37. The van der Waals surface area contributed by atoms with Gasteiger partial charge >= 0.3 is 5.97 Å². The second-order valence-corrected chi connectivity index (χ2v) is 5.51. The standard InChI is InChI=1S/C14H26N2O3/c1-4-10-7-8-16(11(9-10)12(17)18)13(19)14(15,5-2)6-3/h10-11H,4-9,15H2,1-3H3,(H,17,18). The molecule has 1 amide bonds. The van der Waals surface area contributed by atoms with E-state index in [0.29, 0.717) is 31.7 Å². The summed E-state index contributed by atoms with van der Waals surface area (Å²) in [6.45, 7) is 6.31. The van der Waals surface area contributed by atoms with E-state index in [9.17, 15) is 14.7 Å². The monoisotopic (exact) mass is 270 g/mol. The van der Waals surface area contributed by atoms with Crippen molar-refractivity contribution in [1.29, 1.82) is 0 Å². The molecule has 1 fully saturated rings. The Hall–Kier alpha value is -1.10. The van der Waals surface area contributed by atoms with Crippen molar-refractivity contribution >= 4 is 11.9 Å². The first-order valence-electron chi connectivity index (χ1n) is 7.22. The summed E-state index contributed by atoms with van der Waals surface area (Å²) >= 11 is 0. The molecule has 1 saturated heterocycles. The molecule has 0 saturated carbocycles. The molecule has 0 bridgehead atoms. The molecular formula is C14H26N2O3. The van der Waals surface area contributed by atoms with Crippen LogP contribution in [0.1, 0.15) is 52.9 Å². The molecule has 0 spiro atoms. The summed E-state index contributed by atoms with van der Waals surface area (Å²) in [5, 5.41) is 9.35. The average Bonchev–Trinajstić information content (AvgIpc) is 2.44. The molecule has 5 nitrogen and oxygen atoms in total. The molecular weight excluding hydrogens is 244 g/mol. The van der Waals surface area contributed by atoms with Gasteiger partial charge in [0.15, 0.2) is 0 Å². The molecule has 2 unspecified atom stereocenters. The van der Waals surface area contributed by atoms with Crippen molar-refractivity contribution in [2.45, 2.75) is 64.5 Å². The quantitative estimate of drug-likeness (QED) is 0.795. The van der Waals surface area contributed by atoms with Crippen molar-refractivity contribution < 1.29 is 14.7 Å². The van der Waals surface area contributed by atoms with Crippen LogP contribution < -0.4 is 5.73 Å². The van der Waals surface area contributed by atoms with Gasteiger partial charge in [0, 0.05) is 6.54 Å². The first-order chi connectivity index (χ1) is 8.89. The normalized spacial score (nSPS) is 24.3. The number of hydrogen-bond donors (Lipinski definition) is 2. The molecule has 19 heavy (non-hydrogen) atoms. The molecule has 1 aliphatic heterocycles. The predicted octanol–water partition coefficient (Wildman–Crippen LogP) is 1.61. The molecule has 1 rings (SSSR count). The summed E-state index contributed by atoms with van der Waals surface area (Å²) in [5.41, 5.74) is 5.19. The molecule has 0 aromatic heterocycles. The molecule has 1 heterocycles. The number of carboxylic acid groups (broad SMARTS) is 1. The first kappa shape index (κ1) is 16.0. The van der Waals surface area contributed by atoms with Crippen LogP contribution >= 0.6 is 0 Å². The van der Waals surface area contributed by atoms with E-state index in [-0.39, 0.29) is 5.91 Å². The summed E-state index contributed by atoms with van der Waals surface area (Å²) in [6.07, 6.45) is 3.43. The zero-order valence-corrected chi connectivity index (χ0v) is 12.2. The molecule has 2 atom stereocenters. The van der Waals surface area contributed by atoms with E-state index in [1.807, 2.05) is 13.8 Å². The van der Waals surface area contributed by atoms with Gasteiger partial charge in [0.2, 0.25) is 5.91 Å². The SMILES string of the molecule is CCC1CCN(C(=O)C(N)(CC)CC)C(C(=O)O)C1. The fourth-order valence-electron chi connectivity index (χ4n) is 2.72. The maximum Gasteiger partial charge on any atom is 0.326 e. The van der Waals surface area contributed by atoms with Crippen molar-refractivity contribution in [3.63, 3.8) is 0 Å². The number of nitrogens with two attached hydrogens (primary N) is 1. The van der Waals surface area contributed by atoms with Crippen molar-refractivity contribution in [2.75, 3.05) is 6.54 Å². The minimum Gasteiger partial charge on any atom is -0.480 e. The number of nitrogens with zero attached hydrogens (tertiary/aromatic N) is 1. The minimum atomic E-state index is -0.924. The fourth-order valence-corrected chi connectivity index (χ4v) is 2.72. The van der Waals surface area contributed by atoms with Gasteiger partial charge in [-0.1, -0.05) is 27.2 Å². The van der Waals surface area contributed by atoms with Crippen molar-refractivity contribution in [2.24, 2.45) is 11.7 Å². The molecule has 5 heteroatoms. The van der Waals surface area contributed by atoms with Crippen molar-refractivity contribution in [3.8, 4) is 0 Å². The van der Waals surface area contributed by atoms with Gasteiger partial charge in [0.1, 0.15) is 6.04 Å². The van der Waals surface area contributed by atoms with Gasteiger partial charge in [-0.25, -0.2) is 4.79 Å². The largest absolute Gasteiger partial charge is 0.480 e. The van der Waals surface area contributed by atoms with Gasteiger partial charge in [-0.2, -0.15) is 0 Å². The maximum atomic E-state index is 12.5. The van der Waals surface area contributed by atoms with E-state index >= 15 is 0 Å². The molecule has 3 N–H and O–H groups in total. The Morgan fingerprint density at radius 1 is 1.32 bits per heavy atom. The summed E-state index contributed by atoms with van der Waals surface area (Å²) in [5.74, 6) is -0.735. The average molecular weight is 270 g/mol. The Kier molecular flexibility index (Phi) is 5.35. The molecule has 0 radical (unpaired) electrons. The number of hydrogen-bond acceptors (Lipinski definition) is 3. The number of piperidine rings is 1. The molecule has 0 aromatic rings. The summed E-state index contributed by atoms with van der Waals surface area (Å²) in [4.78, 5) is 25.4. The molecule has 0 aliphatic carbocycles. The third kappa shape index (κ3) is 3.26. The number of carboxylic acids is 1. The Morgan fingerprint density at radius 2 is 1.89 bits per heavy atom. The Labute approximate surface area is 115 Å². The summed E-state index contributed by atoms with van der Waals surface area (Å²) in [7, 11) is 0. The van der Waals surface area contributed by atoms with Crippen molar-refractivity contribution in [3.05, 3.63) is 0 Å². The van der Waals surface area contributed by atoms with Crippen LogP contribution in [0.2, 0.25) is 0 Å². The van der Waals surface area contributed by atoms with Gasteiger partial charge in [0.25, 0.3) is 0 Å². The van der Waals surface area contributed by atoms with E-state index in [4.69, 9.17) is 5.73 Å². The maximum absolute atomic E-state index is 12.5. The van der Waals surface area contributed by atoms with E-state index in [0.717, 1.165) is 12.8 Å². The van der Waals surface area contributed by atoms with Crippen LogP contribution in [-0.4, -0.2) is 40.0 Å². The fraction of sp³-hybridized carbons (Fsp3) is 0.857. The lowest BCUT2D eigenvalue weighted by molar-refractivity contribution is -0.156. The van der Waals surface area contributed by atoms with E-state index in [2.05, 4.69) is 6.92 Å². The lowest BCUT2D eigenvalue weighted by Gasteiger charge is -2.41. The van der Waals surface area contributed by atoms with Crippen LogP contribution in [-0.2, 0) is 9.59 Å². The van der Waals surface area contributed by atoms with Crippen LogP contribution in [0.5, 0.6) is 0 Å². The van der Waals surface area contributed by atoms with Gasteiger partial charge in [-0.15, -0.1) is 0 Å². The summed E-state index contributed by atoms with van der Waals surface area (Å²) in [6, 6.07) is -0.716. The first-order valence-corrected chi connectivity index (χ1v) is 7.22. The van der Waals surface area contributed by atoms with E-state index in [1.165, 1.54) is 4.90 Å². The lowest BCUT2D eigenvalue weighted by atomic mass is 9.85. The third-order valence-corrected chi connectivity index (χ3v) is 4.52. The highest BCUT2D eigenvalue weighted by Gasteiger charge is 2.42. The topological polar surface area (TPSA) is 83.6 Å². The number of carbonyl (C=O) groups excluding carboxylic acids is 1. The highest BCUT2D eigenvalue weighted by atomic mass is 16.4. The van der Waals surface area contributed by atoms with E-state index in [1.54, 1.807) is 0 Å². The third-order valence-electron chi connectivity index (χ3n) is 4.52. The zero-order valence-electron chi connectivity index (χ0n) is 12.2. The number of amides is 1. The predicted molar refractivity (Wildman–Crippen MR) is 73.7 cm³/mol. The Bertz CT molecular complexity index is 340. The number of likely N-dealkylation sites (tertiary alicyclic amines) is 1. The smallest absolute Gasteiger partial charge is 0.326 e. The van der Waals surface area contributed by atoms with Gasteiger partial charge in [-0.3, -0.25) is 4.79 Å². The highest BCUT2D eigenvalue weighted by Crippen LogP contribution is 2.28.